The van der Waals surface area contributed by atoms with Crippen LogP contribution in [0.1, 0.15) is 15.6 Å². The topological polar surface area (TPSA) is 92.7 Å². The van der Waals surface area contributed by atoms with Crippen LogP contribution in [0, 0.1) is 13.8 Å². The summed E-state index contributed by atoms with van der Waals surface area (Å²) in [7, 11) is -1.26. The molecule has 1 rings (SSSR count). The second kappa shape index (κ2) is 11.2. The molecule has 0 saturated carbocycles. The third kappa shape index (κ3) is 10.1. The number of aromatic nitrogens is 1. The Bertz CT molecular complexity index is 602. The maximum Gasteiger partial charge on any atom is 0.191 e. The quantitative estimate of drug-likeness (QED) is 0.253. The Hall–Kier alpha value is -0.460. The molecule has 134 valence electrons. The normalized spacial score (nSPS) is 11.9. The van der Waals surface area contributed by atoms with Gasteiger partial charge in [0.1, 0.15) is 9.84 Å². The van der Waals surface area contributed by atoms with E-state index in [0.717, 1.165) is 10.7 Å². The molecule has 1 aromatic heterocycles. The highest BCUT2D eigenvalue weighted by molar-refractivity contribution is 14.0. The van der Waals surface area contributed by atoms with Gasteiger partial charge in [-0.15, -0.1) is 35.3 Å². The summed E-state index contributed by atoms with van der Waals surface area (Å²) in [4.78, 5) is 9.69. The molecule has 7 nitrogen and oxygen atoms in total. The number of halogens is 1. The van der Waals surface area contributed by atoms with Gasteiger partial charge >= 0.3 is 0 Å². The molecule has 0 aromatic carbocycles. The molecule has 0 amide bonds. The summed E-state index contributed by atoms with van der Waals surface area (Å²) in [5.41, 5.74) is 1.04. The number of guanidine groups is 1. The average molecular weight is 476 g/mol. The molecule has 0 aliphatic carbocycles. The van der Waals surface area contributed by atoms with E-state index in [-0.39, 0.29) is 36.3 Å². The fraction of sp³-hybridized carbons (Fsp3) is 0.692. The van der Waals surface area contributed by atoms with Crippen molar-refractivity contribution < 1.29 is 13.2 Å². The Morgan fingerprint density at radius 1 is 1.30 bits per heavy atom. The van der Waals surface area contributed by atoms with Crippen molar-refractivity contribution in [2.45, 2.75) is 20.4 Å². The highest BCUT2D eigenvalue weighted by Gasteiger charge is 2.06. The van der Waals surface area contributed by atoms with Crippen molar-refractivity contribution in [3.63, 3.8) is 0 Å². The fourth-order valence-corrected chi connectivity index (χ4v) is 2.97. The zero-order chi connectivity index (χ0) is 16.6. The van der Waals surface area contributed by atoms with Crippen molar-refractivity contribution in [3.05, 3.63) is 15.6 Å². The SMILES string of the molecule is CN=C(NCCOCCS(C)(=O)=O)NCc1sc(C)nc1C.I. The summed E-state index contributed by atoms with van der Waals surface area (Å²) in [6.07, 6.45) is 1.20. The molecule has 23 heavy (non-hydrogen) atoms. The Morgan fingerprint density at radius 2 is 2.00 bits per heavy atom. The summed E-state index contributed by atoms with van der Waals surface area (Å²) in [5.74, 6) is 0.724. The van der Waals surface area contributed by atoms with Crippen LogP contribution in [0.2, 0.25) is 0 Å². The van der Waals surface area contributed by atoms with E-state index in [9.17, 15) is 8.42 Å². The van der Waals surface area contributed by atoms with Crippen molar-refractivity contribution in [2.24, 2.45) is 4.99 Å². The van der Waals surface area contributed by atoms with E-state index < -0.39 is 9.84 Å². The lowest BCUT2D eigenvalue weighted by Gasteiger charge is -2.11. The van der Waals surface area contributed by atoms with E-state index in [2.05, 4.69) is 20.6 Å². The molecule has 0 radical (unpaired) electrons. The lowest BCUT2D eigenvalue weighted by atomic mass is 10.4. The number of rotatable bonds is 8. The van der Waals surface area contributed by atoms with E-state index in [1.54, 1.807) is 18.4 Å². The van der Waals surface area contributed by atoms with Gasteiger partial charge in [0.2, 0.25) is 0 Å². The van der Waals surface area contributed by atoms with Crippen molar-refractivity contribution in [1.82, 2.24) is 15.6 Å². The molecule has 0 atom stereocenters. The molecule has 0 saturated heterocycles. The number of thiazole rings is 1. The standard InChI is InChI=1S/C13H24N4O3S2.HI/c1-10-12(21-11(2)17-10)9-16-13(14-3)15-5-6-20-7-8-22(4,18)19;/h5-9H2,1-4H3,(H2,14,15,16);1H. The van der Waals surface area contributed by atoms with Crippen molar-refractivity contribution in [2.75, 3.05) is 38.8 Å². The van der Waals surface area contributed by atoms with Crippen molar-refractivity contribution >= 4 is 51.1 Å². The minimum atomic E-state index is -2.96. The van der Waals surface area contributed by atoms with Crippen LogP contribution in [0.5, 0.6) is 0 Å². The van der Waals surface area contributed by atoms with E-state index >= 15 is 0 Å². The highest BCUT2D eigenvalue weighted by atomic mass is 127. The summed E-state index contributed by atoms with van der Waals surface area (Å²) in [6, 6.07) is 0. The predicted molar refractivity (Wildman–Crippen MR) is 106 cm³/mol. The summed E-state index contributed by atoms with van der Waals surface area (Å²) < 4.78 is 27.1. The van der Waals surface area contributed by atoms with Crippen LogP contribution in [0.4, 0.5) is 0 Å². The maximum atomic E-state index is 10.9. The number of aryl methyl sites for hydroxylation is 2. The molecule has 1 aromatic rings. The average Bonchev–Trinajstić information content (AvgIpc) is 2.74. The van der Waals surface area contributed by atoms with Gasteiger partial charge in [-0.05, 0) is 13.8 Å². The minimum Gasteiger partial charge on any atom is -0.379 e. The van der Waals surface area contributed by atoms with Gasteiger partial charge in [0.15, 0.2) is 5.96 Å². The monoisotopic (exact) mass is 476 g/mol. The molecular weight excluding hydrogens is 451 g/mol. The molecule has 1 heterocycles. The highest BCUT2D eigenvalue weighted by Crippen LogP contribution is 2.16. The molecule has 0 aliphatic heterocycles. The molecule has 0 fully saturated rings. The summed E-state index contributed by atoms with van der Waals surface area (Å²) in [5, 5.41) is 7.38. The lowest BCUT2D eigenvalue weighted by molar-refractivity contribution is 0.154. The molecular formula is C13H25IN4O3S2. The zero-order valence-corrected chi connectivity index (χ0v) is 17.8. The van der Waals surface area contributed by atoms with Crippen LogP contribution in [0.15, 0.2) is 4.99 Å². The second-order valence-electron chi connectivity index (χ2n) is 4.84. The number of nitrogens with zero attached hydrogens (tertiary/aromatic N) is 2. The Morgan fingerprint density at radius 3 is 2.52 bits per heavy atom. The van der Waals surface area contributed by atoms with Gasteiger partial charge in [0.25, 0.3) is 0 Å². The number of aliphatic imine (C=N–C) groups is 1. The van der Waals surface area contributed by atoms with Gasteiger partial charge in [0, 0.05) is 24.7 Å². The van der Waals surface area contributed by atoms with Gasteiger partial charge in [-0.1, -0.05) is 0 Å². The smallest absolute Gasteiger partial charge is 0.191 e. The third-order valence-corrected chi connectivity index (χ3v) is 4.76. The van der Waals surface area contributed by atoms with Crippen LogP contribution < -0.4 is 10.6 Å². The summed E-state index contributed by atoms with van der Waals surface area (Å²) in [6.45, 7) is 5.85. The second-order valence-corrected chi connectivity index (χ2v) is 8.38. The molecule has 10 heteroatoms. The Balaban J connectivity index is 0.00000484. The summed E-state index contributed by atoms with van der Waals surface area (Å²) >= 11 is 1.67. The first-order valence-electron chi connectivity index (χ1n) is 6.94. The number of hydrogen-bond donors (Lipinski definition) is 2. The number of hydrogen-bond acceptors (Lipinski definition) is 6. The lowest BCUT2D eigenvalue weighted by Crippen LogP contribution is -2.38. The first-order chi connectivity index (χ1) is 10.3. The van der Waals surface area contributed by atoms with E-state index in [1.165, 1.54) is 11.1 Å². The maximum absolute atomic E-state index is 10.9. The van der Waals surface area contributed by atoms with E-state index in [1.807, 2.05) is 13.8 Å². The van der Waals surface area contributed by atoms with Gasteiger partial charge in [-0.2, -0.15) is 0 Å². The molecule has 0 aliphatic rings. The van der Waals surface area contributed by atoms with Crippen LogP contribution in [-0.4, -0.2) is 58.2 Å². The van der Waals surface area contributed by atoms with Gasteiger partial charge in [0.05, 0.1) is 36.2 Å². The van der Waals surface area contributed by atoms with E-state index in [4.69, 9.17) is 4.74 Å². The predicted octanol–water partition coefficient (Wildman–Crippen LogP) is 1.10. The van der Waals surface area contributed by atoms with Crippen molar-refractivity contribution in [3.8, 4) is 0 Å². The zero-order valence-electron chi connectivity index (χ0n) is 13.9. The number of nitrogens with one attached hydrogen (secondary N) is 2. The fourth-order valence-electron chi connectivity index (χ4n) is 1.68. The van der Waals surface area contributed by atoms with Gasteiger partial charge < -0.3 is 15.4 Å². The van der Waals surface area contributed by atoms with E-state index in [0.29, 0.717) is 25.7 Å². The molecule has 0 bridgehead atoms. The minimum absolute atomic E-state index is 0. The van der Waals surface area contributed by atoms with Crippen molar-refractivity contribution in [1.29, 1.82) is 0 Å². The third-order valence-electron chi connectivity index (χ3n) is 2.78. The molecule has 2 N–H and O–H groups in total. The molecule has 0 spiro atoms. The van der Waals surface area contributed by atoms with Gasteiger partial charge in [-0.25, -0.2) is 13.4 Å². The number of sulfone groups is 1. The largest absolute Gasteiger partial charge is 0.379 e. The first kappa shape index (κ1) is 22.5. The molecule has 0 unspecified atom stereocenters. The van der Waals surface area contributed by atoms with Crippen LogP contribution in [0.25, 0.3) is 0 Å². The Kier molecular flexibility index (Phi) is 10.9. The van der Waals surface area contributed by atoms with Crippen LogP contribution in [0.3, 0.4) is 0 Å². The Labute approximate surface area is 159 Å². The number of ether oxygens (including phenoxy) is 1. The van der Waals surface area contributed by atoms with Crippen LogP contribution in [-0.2, 0) is 21.1 Å². The van der Waals surface area contributed by atoms with Gasteiger partial charge in [-0.3, -0.25) is 4.99 Å². The first-order valence-corrected chi connectivity index (χ1v) is 9.82. The van der Waals surface area contributed by atoms with Crippen LogP contribution >= 0.6 is 35.3 Å².